The van der Waals surface area contributed by atoms with Crippen molar-refractivity contribution < 1.29 is 26.5 Å². The third-order valence-corrected chi connectivity index (χ3v) is 2.41. The quantitative estimate of drug-likeness (QED) is 0.679. The molecular weight excluding hydrogens is 277 g/mol. The van der Waals surface area contributed by atoms with Crippen LogP contribution >= 0.6 is 0 Å². The fourth-order valence-corrected chi connectivity index (χ4v) is 1.72. The molecule has 1 aromatic carbocycles. The van der Waals surface area contributed by atoms with Gasteiger partial charge in [-0.15, -0.1) is 0 Å². The lowest BCUT2D eigenvalue weighted by Crippen LogP contribution is -2.12. The molecule has 0 spiro atoms. The normalized spacial score (nSPS) is 12.2. The van der Waals surface area contributed by atoms with Crippen LogP contribution in [0, 0.1) is 10.1 Å². The molecule has 1 N–H and O–H groups in total. The second-order valence-corrected chi connectivity index (χ2v) is 5.11. The van der Waals surface area contributed by atoms with Crippen LogP contribution in [0.1, 0.15) is 5.56 Å². The molecule has 18 heavy (non-hydrogen) atoms. The number of nitrogens with one attached hydrogen (secondary N) is 1. The largest absolute Gasteiger partial charge is 0.416 e. The first-order valence-electron chi connectivity index (χ1n) is 4.34. The van der Waals surface area contributed by atoms with E-state index in [1.807, 2.05) is 0 Å². The highest BCUT2D eigenvalue weighted by Crippen LogP contribution is 2.35. The third-order valence-electron chi connectivity index (χ3n) is 1.82. The van der Waals surface area contributed by atoms with E-state index in [9.17, 15) is 31.7 Å². The lowest BCUT2D eigenvalue weighted by atomic mass is 10.1. The van der Waals surface area contributed by atoms with E-state index in [0.717, 1.165) is 6.26 Å². The molecule has 0 aliphatic carbocycles. The molecule has 0 radical (unpaired) electrons. The highest BCUT2D eigenvalue weighted by molar-refractivity contribution is 7.92. The van der Waals surface area contributed by atoms with Gasteiger partial charge in [-0.1, -0.05) is 0 Å². The molecule has 1 aromatic rings. The minimum atomic E-state index is -4.74. The topological polar surface area (TPSA) is 89.3 Å². The number of nitrogens with zero attached hydrogens (tertiary/aromatic N) is 1. The summed E-state index contributed by atoms with van der Waals surface area (Å²) in [6.07, 6.45) is -4.01. The van der Waals surface area contributed by atoms with E-state index in [4.69, 9.17) is 0 Å². The molecule has 0 fully saturated rings. The average molecular weight is 284 g/mol. The summed E-state index contributed by atoms with van der Waals surface area (Å²) in [7, 11) is -3.82. The summed E-state index contributed by atoms with van der Waals surface area (Å²) in [5.74, 6) is 0. The van der Waals surface area contributed by atoms with Gasteiger partial charge in [-0.05, 0) is 12.1 Å². The van der Waals surface area contributed by atoms with E-state index >= 15 is 0 Å². The van der Waals surface area contributed by atoms with Crippen molar-refractivity contribution >= 4 is 21.4 Å². The summed E-state index contributed by atoms with van der Waals surface area (Å²) in [5.41, 5.74) is -2.71. The first kappa shape index (κ1) is 14.2. The molecule has 1 rings (SSSR count). The zero-order chi connectivity index (χ0) is 14.1. The maximum atomic E-state index is 12.3. The minimum absolute atomic E-state index is 0.271. The maximum absolute atomic E-state index is 12.3. The molecule has 0 saturated heterocycles. The van der Waals surface area contributed by atoms with Crippen LogP contribution in [0.4, 0.5) is 24.5 Å². The summed E-state index contributed by atoms with van der Waals surface area (Å²) in [5, 5.41) is 10.6. The molecule has 0 amide bonds. The number of alkyl halides is 3. The second-order valence-electron chi connectivity index (χ2n) is 3.36. The van der Waals surface area contributed by atoms with Crippen LogP contribution in [0.5, 0.6) is 0 Å². The van der Waals surface area contributed by atoms with Crippen LogP contribution in [-0.2, 0) is 16.2 Å². The smallest absolute Gasteiger partial charge is 0.277 e. The monoisotopic (exact) mass is 284 g/mol. The lowest BCUT2D eigenvalue weighted by Gasteiger charge is -2.09. The first-order valence-corrected chi connectivity index (χ1v) is 6.23. The zero-order valence-corrected chi connectivity index (χ0v) is 9.67. The molecule has 0 aliphatic heterocycles. The molecule has 0 aromatic heterocycles. The van der Waals surface area contributed by atoms with Gasteiger partial charge < -0.3 is 0 Å². The number of benzene rings is 1. The maximum Gasteiger partial charge on any atom is 0.416 e. The van der Waals surface area contributed by atoms with Crippen molar-refractivity contribution in [1.82, 2.24) is 0 Å². The molecule has 0 bridgehead atoms. The summed E-state index contributed by atoms with van der Waals surface area (Å²) in [6, 6.07) is 1.52. The fraction of sp³-hybridized carbons (Fsp3) is 0.250. The number of anilines is 1. The summed E-state index contributed by atoms with van der Waals surface area (Å²) >= 11 is 0. The van der Waals surface area contributed by atoms with E-state index < -0.39 is 38.1 Å². The Morgan fingerprint density at radius 1 is 1.33 bits per heavy atom. The van der Waals surface area contributed by atoms with Crippen LogP contribution in [0.3, 0.4) is 0 Å². The minimum Gasteiger partial charge on any atom is -0.277 e. The van der Waals surface area contributed by atoms with Gasteiger partial charge in [0.15, 0.2) is 0 Å². The van der Waals surface area contributed by atoms with Crippen molar-refractivity contribution in [2.75, 3.05) is 11.0 Å². The molecule has 0 saturated carbocycles. The zero-order valence-electron chi connectivity index (χ0n) is 8.85. The average Bonchev–Trinajstić information content (AvgIpc) is 2.13. The van der Waals surface area contributed by atoms with Crippen LogP contribution in [-0.4, -0.2) is 19.6 Å². The lowest BCUT2D eigenvalue weighted by molar-refractivity contribution is -0.384. The number of halogens is 3. The van der Waals surface area contributed by atoms with Gasteiger partial charge in [0.25, 0.3) is 5.69 Å². The molecule has 100 valence electrons. The van der Waals surface area contributed by atoms with Gasteiger partial charge in [-0.3, -0.25) is 14.8 Å². The number of hydrogen-bond donors (Lipinski definition) is 1. The van der Waals surface area contributed by atoms with Crippen molar-refractivity contribution in [2.45, 2.75) is 6.18 Å². The van der Waals surface area contributed by atoms with Crippen molar-refractivity contribution in [2.24, 2.45) is 0 Å². The van der Waals surface area contributed by atoms with Crippen molar-refractivity contribution in [3.8, 4) is 0 Å². The molecule has 0 aliphatic rings. The predicted molar refractivity (Wildman–Crippen MR) is 56.6 cm³/mol. The summed E-state index contributed by atoms with van der Waals surface area (Å²) in [6.45, 7) is 0. The summed E-state index contributed by atoms with van der Waals surface area (Å²) < 4.78 is 60.6. The molecule has 0 atom stereocenters. The Morgan fingerprint density at radius 2 is 1.89 bits per heavy atom. The Hall–Kier alpha value is -1.84. The van der Waals surface area contributed by atoms with Crippen molar-refractivity contribution in [1.29, 1.82) is 0 Å². The van der Waals surface area contributed by atoms with Gasteiger partial charge in [0.05, 0.1) is 16.7 Å². The van der Waals surface area contributed by atoms with E-state index in [0.29, 0.717) is 12.1 Å². The van der Waals surface area contributed by atoms with Gasteiger partial charge in [0, 0.05) is 6.07 Å². The Kier molecular flexibility index (Phi) is 3.51. The van der Waals surface area contributed by atoms with E-state index in [1.54, 1.807) is 4.72 Å². The number of hydrogen-bond acceptors (Lipinski definition) is 4. The Bertz CT molecular complexity index is 582. The molecular formula is C8H7F3N2O4S. The van der Waals surface area contributed by atoms with E-state index in [-0.39, 0.29) is 6.07 Å². The Morgan fingerprint density at radius 3 is 2.28 bits per heavy atom. The van der Waals surface area contributed by atoms with Crippen LogP contribution in [0.15, 0.2) is 18.2 Å². The Labute approximate surface area is 99.6 Å². The predicted octanol–water partition coefficient (Wildman–Crippen LogP) is 1.99. The van der Waals surface area contributed by atoms with Gasteiger partial charge in [0.1, 0.15) is 5.69 Å². The van der Waals surface area contributed by atoms with Crippen LogP contribution < -0.4 is 4.72 Å². The second kappa shape index (κ2) is 4.44. The van der Waals surface area contributed by atoms with Gasteiger partial charge in [-0.2, -0.15) is 13.2 Å². The van der Waals surface area contributed by atoms with Crippen LogP contribution in [0.25, 0.3) is 0 Å². The molecule has 6 nitrogen and oxygen atoms in total. The highest BCUT2D eigenvalue weighted by Gasteiger charge is 2.33. The molecule has 0 unspecified atom stereocenters. The number of nitro benzene ring substituents is 1. The van der Waals surface area contributed by atoms with Gasteiger partial charge in [-0.25, -0.2) is 8.42 Å². The number of nitro groups is 1. The standard InChI is InChI=1S/C8H7F3N2O4S/c1-18(16,17)12-6-3-2-5(8(9,10)11)4-7(6)13(14)15/h2-4,12H,1H3. The number of sulfonamides is 1. The van der Waals surface area contributed by atoms with Crippen molar-refractivity contribution in [3.63, 3.8) is 0 Å². The number of rotatable bonds is 3. The molecule has 10 heteroatoms. The highest BCUT2D eigenvalue weighted by atomic mass is 32.2. The summed E-state index contributed by atoms with van der Waals surface area (Å²) in [4.78, 5) is 9.50. The van der Waals surface area contributed by atoms with Gasteiger partial charge >= 0.3 is 6.18 Å². The SMILES string of the molecule is CS(=O)(=O)Nc1ccc(C(F)(F)F)cc1[N+](=O)[O-]. The Balaban J connectivity index is 3.34. The van der Waals surface area contributed by atoms with Crippen molar-refractivity contribution in [3.05, 3.63) is 33.9 Å². The van der Waals surface area contributed by atoms with E-state index in [2.05, 4.69) is 0 Å². The van der Waals surface area contributed by atoms with E-state index in [1.165, 1.54) is 0 Å². The first-order chi connectivity index (χ1) is 8.00. The fourth-order valence-electron chi connectivity index (χ4n) is 1.15. The third kappa shape index (κ3) is 3.58. The molecule has 0 heterocycles. The van der Waals surface area contributed by atoms with Crippen LogP contribution in [0.2, 0.25) is 0 Å². The van der Waals surface area contributed by atoms with Gasteiger partial charge in [0.2, 0.25) is 10.0 Å².